The molecule has 1 unspecified atom stereocenters. The van der Waals surface area contributed by atoms with Gasteiger partial charge in [-0.1, -0.05) is 0 Å². The predicted octanol–water partition coefficient (Wildman–Crippen LogP) is 1.89. The molecule has 2 heterocycles. The molecule has 0 spiro atoms. The number of hydrogen-bond acceptors (Lipinski definition) is 3. The molecule has 0 aromatic carbocycles. The van der Waals surface area contributed by atoms with Crippen molar-refractivity contribution >= 4 is 0 Å². The quantitative estimate of drug-likeness (QED) is 0.900. The molecule has 0 bridgehead atoms. The Hall–Kier alpha value is -1.75. The number of halogens is 1. The van der Waals surface area contributed by atoms with E-state index in [1.54, 1.807) is 17.8 Å². The molecule has 2 rings (SSSR count). The fourth-order valence-electron chi connectivity index (χ4n) is 1.88. The highest BCUT2D eigenvalue weighted by Gasteiger charge is 2.25. The minimum absolute atomic E-state index is 0.373. The van der Waals surface area contributed by atoms with Gasteiger partial charge in [-0.2, -0.15) is 5.10 Å². The number of aromatic nitrogens is 3. The standard InChI is InChI=1S/C13H16FN3O/c1-3-17-9-10(6-16-17)5-13(2,18)11-4-12(14)8-15-7-11/h4,6-9,18H,3,5H2,1-2H3. The zero-order valence-corrected chi connectivity index (χ0v) is 10.5. The van der Waals surface area contributed by atoms with Crippen LogP contribution in [0.25, 0.3) is 0 Å². The van der Waals surface area contributed by atoms with Gasteiger partial charge >= 0.3 is 0 Å². The molecule has 4 nitrogen and oxygen atoms in total. The van der Waals surface area contributed by atoms with Gasteiger partial charge in [0.05, 0.1) is 18.0 Å². The Morgan fingerprint density at radius 1 is 1.39 bits per heavy atom. The van der Waals surface area contributed by atoms with E-state index >= 15 is 0 Å². The lowest BCUT2D eigenvalue weighted by molar-refractivity contribution is 0.0569. The van der Waals surface area contributed by atoms with Crippen LogP contribution >= 0.6 is 0 Å². The molecule has 0 radical (unpaired) electrons. The molecule has 2 aromatic rings. The number of aryl methyl sites for hydroxylation is 1. The lowest BCUT2D eigenvalue weighted by atomic mass is 9.91. The molecule has 1 N–H and O–H groups in total. The highest BCUT2D eigenvalue weighted by Crippen LogP contribution is 2.24. The Morgan fingerprint density at radius 3 is 2.78 bits per heavy atom. The van der Waals surface area contributed by atoms with Crippen molar-refractivity contribution < 1.29 is 9.50 Å². The average Bonchev–Trinajstić information content (AvgIpc) is 2.76. The molecule has 5 heteroatoms. The van der Waals surface area contributed by atoms with E-state index in [2.05, 4.69) is 10.1 Å². The number of aliphatic hydroxyl groups is 1. The average molecular weight is 249 g/mol. The van der Waals surface area contributed by atoms with Gasteiger partial charge in [0, 0.05) is 30.9 Å². The topological polar surface area (TPSA) is 50.9 Å². The second-order valence-corrected chi connectivity index (χ2v) is 4.55. The molecule has 2 aromatic heterocycles. The van der Waals surface area contributed by atoms with Gasteiger partial charge in [0.1, 0.15) is 5.82 Å². The normalized spacial score (nSPS) is 14.4. The maximum absolute atomic E-state index is 13.1. The summed E-state index contributed by atoms with van der Waals surface area (Å²) >= 11 is 0. The van der Waals surface area contributed by atoms with Crippen LogP contribution in [-0.4, -0.2) is 19.9 Å². The summed E-state index contributed by atoms with van der Waals surface area (Å²) in [6.07, 6.45) is 6.56. The van der Waals surface area contributed by atoms with Gasteiger partial charge in [0.25, 0.3) is 0 Å². The largest absolute Gasteiger partial charge is 0.385 e. The Balaban J connectivity index is 2.20. The van der Waals surface area contributed by atoms with Crippen LogP contribution in [-0.2, 0) is 18.6 Å². The highest BCUT2D eigenvalue weighted by molar-refractivity contribution is 5.21. The smallest absolute Gasteiger partial charge is 0.141 e. The van der Waals surface area contributed by atoms with Crippen LogP contribution in [0.5, 0.6) is 0 Å². The van der Waals surface area contributed by atoms with E-state index < -0.39 is 11.4 Å². The van der Waals surface area contributed by atoms with Crippen LogP contribution in [0.15, 0.2) is 30.9 Å². The fraction of sp³-hybridized carbons (Fsp3) is 0.385. The highest BCUT2D eigenvalue weighted by atomic mass is 19.1. The van der Waals surface area contributed by atoms with Crippen molar-refractivity contribution in [3.05, 3.63) is 47.8 Å². The van der Waals surface area contributed by atoms with Crippen molar-refractivity contribution in [2.24, 2.45) is 0 Å². The molecule has 0 saturated carbocycles. The van der Waals surface area contributed by atoms with Crippen LogP contribution < -0.4 is 0 Å². The van der Waals surface area contributed by atoms with Crippen molar-refractivity contribution in [2.45, 2.75) is 32.4 Å². The van der Waals surface area contributed by atoms with Gasteiger partial charge in [-0.3, -0.25) is 9.67 Å². The zero-order valence-electron chi connectivity index (χ0n) is 10.5. The lowest BCUT2D eigenvalue weighted by Crippen LogP contribution is -2.24. The second-order valence-electron chi connectivity index (χ2n) is 4.55. The number of pyridine rings is 1. The molecule has 0 aliphatic rings. The summed E-state index contributed by atoms with van der Waals surface area (Å²) in [6, 6.07) is 1.30. The van der Waals surface area contributed by atoms with Crippen LogP contribution in [0.2, 0.25) is 0 Å². The van der Waals surface area contributed by atoms with E-state index in [0.717, 1.165) is 18.3 Å². The van der Waals surface area contributed by atoms with E-state index in [-0.39, 0.29) is 0 Å². The minimum atomic E-state index is -1.16. The first kappa shape index (κ1) is 12.7. The SMILES string of the molecule is CCn1cc(CC(C)(O)c2cncc(F)c2)cn1. The summed E-state index contributed by atoms with van der Waals surface area (Å²) < 4.78 is 14.9. The Kier molecular flexibility index (Phi) is 3.43. The van der Waals surface area contributed by atoms with Gasteiger partial charge in [0.2, 0.25) is 0 Å². The molecule has 1 atom stereocenters. The molecular formula is C13H16FN3O. The molecule has 0 fully saturated rings. The number of rotatable bonds is 4. The maximum atomic E-state index is 13.1. The molecule has 96 valence electrons. The number of nitrogens with zero attached hydrogens (tertiary/aromatic N) is 3. The lowest BCUT2D eigenvalue weighted by Gasteiger charge is -2.22. The predicted molar refractivity (Wildman–Crippen MR) is 65.4 cm³/mol. The van der Waals surface area contributed by atoms with E-state index in [9.17, 15) is 9.50 Å². The van der Waals surface area contributed by atoms with Gasteiger partial charge in [-0.15, -0.1) is 0 Å². The van der Waals surface area contributed by atoms with Crippen LogP contribution in [0, 0.1) is 5.82 Å². The first-order valence-electron chi connectivity index (χ1n) is 5.86. The van der Waals surface area contributed by atoms with Crippen LogP contribution in [0.4, 0.5) is 4.39 Å². The summed E-state index contributed by atoms with van der Waals surface area (Å²) in [7, 11) is 0. The molecule has 18 heavy (non-hydrogen) atoms. The van der Waals surface area contributed by atoms with Crippen molar-refractivity contribution in [2.75, 3.05) is 0 Å². The van der Waals surface area contributed by atoms with Crippen molar-refractivity contribution in [3.63, 3.8) is 0 Å². The summed E-state index contributed by atoms with van der Waals surface area (Å²) in [5, 5.41) is 14.5. The van der Waals surface area contributed by atoms with Crippen molar-refractivity contribution in [1.82, 2.24) is 14.8 Å². The van der Waals surface area contributed by atoms with Gasteiger partial charge in [-0.05, 0) is 25.5 Å². The van der Waals surface area contributed by atoms with Gasteiger partial charge in [-0.25, -0.2) is 4.39 Å². The first-order valence-corrected chi connectivity index (χ1v) is 5.86. The van der Waals surface area contributed by atoms with Crippen LogP contribution in [0.1, 0.15) is 25.0 Å². The maximum Gasteiger partial charge on any atom is 0.141 e. The van der Waals surface area contributed by atoms with E-state index in [1.165, 1.54) is 12.3 Å². The number of hydrogen-bond donors (Lipinski definition) is 1. The Morgan fingerprint density at radius 2 is 2.17 bits per heavy atom. The van der Waals surface area contributed by atoms with E-state index in [4.69, 9.17) is 0 Å². The first-order chi connectivity index (χ1) is 8.51. The third kappa shape index (κ3) is 2.73. The van der Waals surface area contributed by atoms with Crippen LogP contribution in [0.3, 0.4) is 0 Å². The Labute approximate surface area is 105 Å². The van der Waals surface area contributed by atoms with E-state index in [1.807, 2.05) is 13.1 Å². The molecule has 0 amide bonds. The molecule has 0 saturated heterocycles. The zero-order chi connectivity index (χ0) is 13.2. The van der Waals surface area contributed by atoms with Gasteiger partial charge < -0.3 is 5.11 Å². The molecule has 0 aliphatic carbocycles. The third-order valence-electron chi connectivity index (χ3n) is 2.89. The molecule has 0 aliphatic heterocycles. The minimum Gasteiger partial charge on any atom is -0.385 e. The van der Waals surface area contributed by atoms with E-state index in [0.29, 0.717) is 12.0 Å². The second kappa shape index (κ2) is 4.86. The van der Waals surface area contributed by atoms with Gasteiger partial charge in [0.15, 0.2) is 0 Å². The fourth-order valence-corrected chi connectivity index (χ4v) is 1.88. The van der Waals surface area contributed by atoms with Crippen molar-refractivity contribution in [3.8, 4) is 0 Å². The summed E-state index contributed by atoms with van der Waals surface area (Å²) in [4.78, 5) is 3.76. The summed E-state index contributed by atoms with van der Waals surface area (Å²) in [5.41, 5.74) is 0.217. The third-order valence-corrected chi connectivity index (χ3v) is 2.89. The monoisotopic (exact) mass is 249 g/mol. The summed E-state index contributed by atoms with van der Waals surface area (Å²) in [6.45, 7) is 4.42. The molecular weight excluding hydrogens is 233 g/mol. The van der Waals surface area contributed by atoms with Crippen molar-refractivity contribution in [1.29, 1.82) is 0 Å². The summed E-state index contributed by atoms with van der Waals surface area (Å²) in [5.74, 6) is -0.447. The Bertz CT molecular complexity index is 537.